The van der Waals surface area contributed by atoms with Gasteiger partial charge in [0.15, 0.2) is 0 Å². The number of halogens is 3. The molecule has 0 aromatic carbocycles. The Labute approximate surface area is 138 Å². The van der Waals surface area contributed by atoms with Crippen LogP contribution in [0.2, 0.25) is 0 Å². The summed E-state index contributed by atoms with van der Waals surface area (Å²) in [4.78, 5) is 3.86. The molecule has 7 heteroatoms. The highest BCUT2D eigenvalue weighted by Crippen LogP contribution is 2.41. The van der Waals surface area contributed by atoms with Gasteiger partial charge in [-0.25, -0.2) is 4.98 Å². The Balaban J connectivity index is 2.36. The third-order valence-electron chi connectivity index (χ3n) is 4.33. The Morgan fingerprint density at radius 3 is 2.65 bits per heavy atom. The smallest absolute Gasteiger partial charge is 0.267 e. The largest absolute Gasteiger partial charge is 0.433 e. The van der Waals surface area contributed by atoms with Crippen molar-refractivity contribution in [3.05, 3.63) is 29.1 Å². The maximum absolute atomic E-state index is 13.0. The number of alkyl halides is 3. The van der Waals surface area contributed by atoms with Crippen molar-refractivity contribution in [1.82, 2.24) is 9.71 Å². The number of pyridine rings is 1. The molecule has 0 saturated heterocycles. The van der Waals surface area contributed by atoms with Crippen LogP contribution in [0.4, 0.5) is 13.2 Å². The zero-order valence-electron chi connectivity index (χ0n) is 13.0. The molecule has 1 fully saturated rings. The molecule has 0 bridgehead atoms. The minimum Gasteiger partial charge on any atom is -0.267 e. The normalized spacial score (nSPS) is 17.2. The van der Waals surface area contributed by atoms with Crippen LogP contribution in [0.1, 0.15) is 55.0 Å². The van der Waals surface area contributed by atoms with E-state index < -0.39 is 11.9 Å². The van der Waals surface area contributed by atoms with Crippen LogP contribution in [-0.2, 0) is 6.18 Å². The molecule has 23 heavy (non-hydrogen) atoms. The van der Waals surface area contributed by atoms with Crippen LogP contribution in [0.25, 0.3) is 0 Å². The summed E-state index contributed by atoms with van der Waals surface area (Å²) in [7, 11) is 1.82. The molecule has 0 radical (unpaired) electrons. The number of nitrogens with one attached hydrogen (secondary N) is 1. The van der Waals surface area contributed by atoms with E-state index in [4.69, 9.17) is 0 Å². The molecule has 2 rings (SSSR count). The minimum atomic E-state index is -4.48. The van der Waals surface area contributed by atoms with Gasteiger partial charge in [0.05, 0.1) is 11.3 Å². The third kappa shape index (κ3) is 4.61. The first-order chi connectivity index (χ1) is 11.0. The first kappa shape index (κ1) is 18.1. The fraction of sp³-hybridized carbons (Fsp3) is 0.625. The molecule has 1 aromatic rings. The van der Waals surface area contributed by atoms with Gasteiger partial charge in [-0.05, 0) is 44.4 Å². The second-order valence-corrected chi connectivity index (χ2v) is 6.84. The van der Waals surface area contributed by atoms with Gasteiger partial charge in [-0.3, -0.25) is 4.72 Å². The molecule has 3 nitrogen and oxygen atoms in total. The van der Waals surface area contributed by atoms with Gasteiger partial charge in [0.25, 0.3) is 0 Å². The van der Waals surface area contributed by atoms with Gasteiger partial charge in [0.2, 0.25) is 0 Å². The summed E-state index contributed by atoms with van der Waals surface area (Å²) >= 11 is 1.53. The van der Waals surface area contributed by atoms with E-state index in [0.717, 1.165) is 43.9 Å². The molecular formula is C16H20F3N3S. The molecule has 1 saturated carbocycles. The Morgan fingerprint density at radius 1 is 1.39 bits per heavy atom. The van der Waals surface area contributed by atoms with E-state index in [9.17, 15) is 18.4 Å². The second-order valence-electron chi connectivity index (χ2n) is 5.73. The molecule has 1 aliphatic carbocycles. The van der Waals surface area contributed by atoms with E-state index in [1.165, 1.54) is 18.0 Å². The topological polar surface area (TPSA) is 48.7 Å². The summed E-state index contributed by atoms with van der Waals surface area (Å²) in [5.74, 6) is 1.01. The highest BCUT2D eigenvalue weighted by atomic mass is 32.2. The predicted octanol–water partition coefficient (Wildman–Crippen LogP) is 4.50. The van der Waals surface area contributed by atoms with E-state index in [1.807, 2.05) is 13.1 Å². The number of rotatable bonds is 6. The van der Waals surface area contributed by atoms with E-state index in [-0.39, 0.29) is 11.5 Å². The second kappa shape index (κ2) is 8.02. The summed E-state index contributed by atoms with van der Waals surface area (Å²) in [5.41, 5.74) is -0.314. The Morgan fingerprint density at radius 2 is 2.09 bits per heavy atom. The standard InChI is InChI=1S/C16H20F3N3S/c1-21-23-9-8-13(11-4-2-3-5-11)15-12(10-20)6-7-14(22-15)16(17,18)19/h6-7,11,13,21H,2-5,8-9H2,1H3. The van der Waals surface area contributed by atoms with Crippen molar-refractivity contribution >= 4 is 11.9 Å². The summed E-state index contributed by atoms with van der Waals surface area (Å²) < 4.78 is 42.0. The SMILES string of the molecule is CNSCCC(c1nc(C(F)(F)F)ccc1C#N)C1CCCC1. The van der Waals surface area contributed by atoms with E-state index in [1.54, 1.807) is 0 Å². The van der Waals surface area contributed by atoms with Crippen molar-refractivity contribution < 1.29 is 13.2 Å². The van der Waals surface area contributed by atoms with Crippen LogP contribution in [0, 0.1) is 17.2 Å². The average Bonchev–Trinajstić information content (AvgIpc) is 3.04. The van der Waals surface area contributed by atoms with E-state index in [2.05, 4.69) is 9.71 Å². The molecule has 0 amide bonds. The van der Waals surface area contributed by atoms with E-state index in [0.29, 0.717) is 11.6 Å². The summed E-state index contributed by atoms with van der Waals surface area (Å²) in [5, 5.41) is 9.29. The Kier molecular flexibility index (Phi) is 6.31. The quantitative estimate of drug-likeness (QED) is 0.610. The van der Waals surface area contributed by atoms with Crippen molar-refractivity contribution in [2.75, 3.05) is 12.8 Å². The molecule has 1 aromatic heterocycles. The Hall–Kier alpha value is -1.26. The van der Waals surface area contributed by atoms with Crippen molar-refractivity contribution in [2.45, 2.75) is 44.2 Å². The molecule has 126 valence electrons. The van der Waals surface area contributed by atoms with Crippen LogP contribution in [0.3, 0.4) is 0 Å². The van der Waals surface area contributed by atoms with Crippen LogP contribution >= 0.6 is 11.9 Å². The van der Waals surface area contributed by atoms with Gasteiger partial charge < -0.3 is 0 Å². The van der Waals surface area contributed by atoms with Gasteiger partial charge in [0, 0.05) is 11.7 Å². The maximum Gasteiger partial charge on any atom is 0.433 e. The predicted molar refractivity (Wildman–Crippen MR) is 84.8 cm³/mol. The van der Waals surface area contributed by atoms with Crippen molar-refractivity contribution in [3.8, 4) is 6.07 Å². The molecular weight excluding hydrogens is 323 g/mol. The number of hydrogen-bond donors (Lipinski definition) is 1. The summed E-state index contributed by atoms with van der Waals surface area (Å²) in [6.45, 7) is 0. The lowest BCUT2D eigenvalue weighted by Crippen LogP contribution is -2.18. The minimum absolute atomic E-state index is 0.0877. The van der Waals surface area contributed by atoms with Crippen molar-refractivity contribution in [2.24, 2.45) is 5.92 Å². The van der Waals surface area contributed by atoms with Gasteiger partial charge in [0.1, 0.15) is 11.8 Å². The van der Waals surface area contributed by atoms with Crippen LogP contribution in [-0.4, -0.2) is 17.8 Å². The van der Waals surface area contributed by atoms with Crippen LogP contribution in [0.15, 0.2) is 12.1 Å². The van der Waals surface area contributed by atoms with Gasteiger partial charge in [-0.1, -0.05) is 24.8 Å². The zero-order chi connectivity index (χ0) is 16.9. The molecule has 0 spiro atoms. The lowest BCUT2D eigenvalue weighted by Gasteiger charge is -2.24. The van der Waals surface area contributed by atoms with Gasteiger partial charge in [-0.2, -0.15) is 18.4 Å². The van der Waals surface area contributed by atoms with Gasteiger partial charge >= 0.3 is 6.18 Å². The fourth-order valence-electron chi connectivity index (χ4n) is 3.25. The van der Waals surface area contributed by atoms with Crippen molar-refractivity contribution in [1.29, 1.82) is 5.26 Å². The molecule has 0 aliphatic heterocycles. The zero-order valence-corrected chi connectivity index (χ0v) is 13.8. The Bertz CT molecular complexity index is 563. The monoisotopic (exact) mass is 343 g/mol. The first-order valence-electron chi connectivity index (χ1n) is 7.74. The molecule has 1 unspecified atom stereocenters. The molecule has 1 heterocycles. The van der Waals surface area contributed by atoms with Crippen molar-refractivity contribution in [3.63, 3.8) is 0 Å². The summed E-state index contributed by atoms with van der Waals surface area (Å²) in [6.07, 6.45) is 0.430. The fourth-order valence-corrected chi connectivity index (χ4v) is 3.83. The lowest BCUT2D eigenvalue weighted by molar-refractivity contribution is -0.141. The number of hydrogen-bond acceptors (Lipinski definition) is 4. The maximum atomic E-state index is 13.0. The summed E-state index contributed by atoms with van der Waals surface area (Å²) in [6, 6.07) is 4.18. The molecule has 1 N–H and O–H groups in total. The molecule has 1 atom stereocenters. The highest BCUT2D eigenvalue weighted by molar-refractivity contribution is 7.97. The van der Waals surface area contributed by atoms with E-state index >= 15 is 0 Å². The highest BCUT2D eigenvalue weighted by Gasteiger charge is 2.35. The lowest BCUT2D eigenvalue weighted by atomic mass is 9.84. The average molecular weight is 343 g/mol. The first-order valence-corrected chi connectivity index (χ1v) is 8.72. The van der Waals surface area contributed by atoms with Crippen LogP contribution in [0.5, 0.6) is 0 Å². The van der Waals surface area contributed by atoms with Crippen LogP contribution < -0.4 is 4.72 Å². The molecule has 1 aliphatic rings. The number of nitrogens with zero attached hydrogens (tertiary/aromatic N) is 2. The van der Waals surface area contributed by atoms with Gasteiger partial charge in [-0.15, -0.1) is 0 Å². The number of aromatic nitrogens is 1. The third-order valence-corrected chi connectivity index (χ3v) is 5.06. The number of nitriles is 1.